The monoisotopic (exact) mass is 317 g/mol. The number of oxazole rings is 1. The third-order valence-corrected chi connectivity index (χ3v) is 5.84. The van der Waals surface area contributed by atoms with Gasteiger partial charge in [-0.15, -0.1) is 11.3 Å². The molecule has 2 aliphatic rings. The molecule has 3 atom stereocenters. The van der Waals surface area contributed by atoms with E-state index in [1.54, 1.807) is 17.6 Å². The van der Waals surface area contributed by atoms with E-state index in [1.807, 2.05) is 17.5 Å². The van der Waals surface area contributed by atoms with Crippen molar-refractivity contribution in [3.05, 3.63) is 29.5 Å². The maximum Gasteiger partial charge on any atom is 0.306 e. The SMILES string of the molecule is O=C(C[C@H]1C[C@@H]2CC[C@@H]1C2)OCc1coc(-c2cccs2)n1. The van der Waals surface area contributed by atoms with E-state index >= 15 is 0 Å². The number of ether oxygens (including phenoxy) is 1. The third-order valence-electron chi connectivity index (χ3n) is 4.98. The van der Waals surface area contributed by atoms with Gasteiger partial charge in [0.05, 0.1) is 4.88 Å². The number of fused-ring (bicyclic) bond motifs is 2. The van der Waals surface area contributed by atoms with Gasteiger partial charge in [0.15, 0.2) is 0 Å². The van der Waals surface area contributed by atoms with E-state index < -0.39 is 0 Å². The standard InChI is InChI=1S/C17H19NO3S/c19-16(8-13-7-11-3-4-12(13)6-11)20-9-14-10-21-17(18-14)15-2-1-5-22-15/h1-2,5,10-13H,3-4,6-9H2/t11-,12-,13-/m1/s1. The van der Waals surface area contributed by atoms with Crippen molar-refractivity contribution in [3.8, 4) is 10.8 Å². The Kier molecular flexibility index (Phi) is 3.74. The number of nitrogens with zero attached hydrogens (tertiary/aromatic N) is 1. The summed E-state index contributed by atoms with van der Waals surface area (Å²) in [4.78, 5) is 17.4. The summed E-state index contributed by atoms with van der Waals surface area (Å²) in [5.74, 6) is 2.67. The highest BCUT2D eigenvalue weighted by molar-refractivity contribution is 7.13. The minimum atomic E-state index is -0.0989. The second kappa shape index (κ2) is 5.88. The van der Waals surface area contributed by atoms with Gasteiger partial charge < -0.3 is 9.15 Å². The minimum absolute atomic E-state index is 0.0989. The van der Waals surface area contributed by atoms with Crippen molar-refractivity contribution >= 4 is 17.3 Å². The molecule has 0 unspecified atom stereocenters. The number of carbonyl (C=O) groups excluding carboxylic acids is 1. The molecule has 0 aromatic carbocycles. The average molecular weight is 317 g/mol. The smallest absolute Gasteiger partial charge is 0.306 e. The van der Waals surface area contributed by atoms with Gasteiger partial charge in [0, 0.05) is 6.42 Å². The van der Waals surface area contributed by atoms with Crippen LogP contribution in [0.25, 0.3) is 10.8 Å². The predicted molar refractivity (Wildman–Crippen MR) is 83.2 cm³/mol. The Bertz CT molecular complexity index is 649. The molecule has 5 heteroatoms. The van der Waals surface area contributed by atoms with Crippen molar-refractivity contribution < 1.29 is 13.9 Å². The number of hydrogen-bond donors (Lipinski definition) is 0. The fraction of sp³-hybridized carbons (Fsp3) is 0.529. The van der Waals surface area contributed by atoms with Crippen LogP contribution < -0.4 is 0 Å². The van der Waals surface area contributed by atoms with E-state index in [0.29, 0.717) is 23.9 Å². The quantitative estimate of drug-likeness (QED) is 0.773. The molecular weight excluding hydrogens is 298 g/mol. The Labute approximate surface area is 133 Å². The molecule has 2 fully saturated rings. The van der Waals surface area contributed by atoms with Gasteiger partial charge in [0.2, 0.25) is 5.89 Å². The lowest BCUT2D eigenvalue weighted by molar-refractivity contribution is -0.146. The molecule has 2 bridgehead atoms. The molecule has 2 aromatic rings. The van der Waals surface area contributed by atoms with E-state index in [-0.39, 0.29) is 12.6 Å². The van der Waals surface area contributed by atoms with Crippen LogP contribution in [-0.2, 0) is 16.1 Å². The fourth-order valence-corrected chi connectivity index (χ4v) is 4.60. The van der Waals surface area contributed by atoms with Crippen LogP contribution in [0.3, 0.4) is 0 Å². The van der Waals surface area contributed by atoms with Crippen molar-refractivity contribution in [1.82, 2.24) is 4.98 Å². The molecule has 2 saturated carbocycles. The molecule has 0 radical (unpaired) electrons. The van der Waals surface area contributed by atoms with E-state index in [1.165, 1.54) is 25.7 Å². The molecule has 0 amide bonds. The predicted octanol–water partition coefficient (Wildman–Crippen LogP) is 4.27. The summed E-state index contributed by atoms with van der Waals surface area (Å²) in [6.45, 7) is 0.203. The Morgan fingerprint density at radius 2 is 2.36 bits per heavy atom. The Hall–Kier alpha value is -1.62. The number of carbonyl (C=O) groups is 1. The van der Waals surface area contributed by atoms with Crippen LogP contribution in [0.2, 0.25) is 0 Å². The van der Waals surface area contributed by atoms with Gasteiger partial charge in [0.1, 0.15) is 18.6 Å². The molecule has 4 rings (SSSR count). The van der Waals surface area contributed by atoms with Crippen LogP contribution >= 0.6 is 11.3 Å². The largest absolute Gasteiger partial charge is 0.459 e. The zero-order valence-electron chi connectivity index (χ0n) is 12.4. The number of esters is 1. The molecule has 116 valence electrons. The van der Waals surface area contributed by atoms with Gasteiger partial charge in [-0.05, 0) is 48.5 Å². The molecule has 2 aromatic heterocycles. The van der Waals surface area contributed by atoms with Crippen LogP contribution in [0, 0.1) is 17.8 Å². The summed E-state index contributed by atoms with van der Waals surface area (Å²) in [5.41, 5.74) is 0.671. The van der Waals surface area contributed by atoms with Crippen LogP contribution in [0.4, 0.5) is 0 Å². The third kappa shape index (κ3) is 2.82. The van der Waals surface area contributed by atoms with Gasteiger partial charge >= 0.3 is 5.97 Å². The molecule has 2 aliphatic carbocycles. The van der Waals surface area contributed by atoms with Crippen molar-refractivity contribution in [1.29, 1.82) is 0 Å². The van der Waals surface area contributed by atoms with Crippen LogP contribution in [-0.4, -0.2) is 11.0 Å². The molecular formula is C17H19NO3S. The molecule has 4 nitrogen and oxygen atoms in total. The molecule has 0 N–H and O–H groups in total. The van der Waals surface area contributed by atoms with Crippen molar-refractivity contribution in [2.24, 2.45) is 17.8 Å². The summed E-state index contributed by atoms with van der Waals surface area (Å²) >= 11 is 1.58. The zero-order valence-corrected chi connectivity index (χ0v) is 13.2. The van der Waals surface area contributed by atoms with Gasteiger partial charge in [-0.25, -0.2) is 4.98 Å². The molecule has 0 aliphatic heterocycles. The first-order valence-electron chi connectivity index (χ1n) is 7.92. The summed E-state index contributed by atoms with van der Waals surface area (Å²) in [6.07, 6.45) is 7.34. The maximum atomic E-state index is 12.0. The topological polar surface area (TPSA) is 52.3 Å². The first-order valence-corrected chi connectivity index (χ1v) is 8.80. The number of rotatable bonds is 5. The van der Waals surface area contributed by atoms with Crippen molar-refractivity contribution in [2.75, 3.05) is 0 Å². The normalized spacial score (nSPS) is 26.5. The van der Waals surface area contributed by atoms with E-state index in [2.05, 4.69) is 4.98 Å². The lowest BCUT2D eigenvalue weighted by atomic mass is 9.86. The first-order chi connectivity index (χ1) is 10.8. The zero-order chi connectivity index (χ0) is 14.9. The lowest BCUT2D eigenvalue weighted by Gasteiger charge is -2.20. The van der Waals surface area contributed by atoms with Crippen molar-refractivity contribution in [3.63, 3.8) is 0 Å². The average Bonchev–Trinajstić information content (AvgIpc) is 3.27. The summed E-state index contributed by atoms with van der Waals surface area (Å²) in [7, 11) is 0. The summed E-state index contributed by atoms with van der Waals surface area (Å²) in [5, 5.41) is 1.98. The second-order valence-electron chi connectivity index (χ2n) is 6.42. The van der Waals surface area contributed by atoms with Crippen LogP contribution in [0.1, 0.15) is 37.8 Å². The highest BCUT2D eigenvalue weighted by Gasteiger charge is 2.40. The Morgan fingerprint density at radius 3 is 3.09 bits per heavy atom. The summed E-state index contributed by atoms with van der Waals surface area (Å²) < 4.78 is 10.8. The summed E-state index contributed by atoms with van der Waals surface area (Å²) in [6, 6.07) is 3.92. The van der Waals surface area contributed by atoms with Crippen LogP contribution in [0.5, 0.6) is 0 Å². The Morgan fingerprint density at radius 1 is 1.41 bits per heavy atom. The van der Waals surface area contributed by atoms with Crippen LogP contribution in [0.15, 0.2) is 28.2 Å². The lowest BCUT2D eigenvalue weighted by Crippen LogP contribution is -2.17. The highest BCUT2D eigenvalue weighted by Crippen LogP contribution is 2.49. The van der Waals surface area contributed by atoms with E-state index in [9.17, 15) is 4.79 Å². The Balaban J connectivity index is 1.28. The molecule has 2 heterocycles. The maximum absolute atomic E-state index is 12.0. The van der Waals surface area contributed by atoms with Crippen molar-refractivity contribution in [2.45, 2.75) is 38.7 Å². The van der Waals surface area contributed by atoms with Gasteiger partial charge in [0.25, 0.3) is 0 Å². The van der Waals surface area contributed by atoms with Gasteiger partial charge in [-0.1, -0.05) is 12.5 Å². The number of aromatic nitrogens is 1. The molecule has 0 spiro atoms. The number of thiophene rings is 1. The van der Waals surface area contributed by atoms with Gasteiger partial charge in [-0.2, -0.15) is 0 Å². The second-order valence-corrected chi connectivity index (χ2v) is 7.37. The molecule has 0 saturated heterocycles. The number of hydrogen-bond acceptors (Lipinski definition) is 5. The fourth-order valence-electron chi connectivity index (χ4n) is 3.94. The van der Waals surface area contributed by atoms with E-state index in [4.69, 9.17) is 9.15 Å². The first kappa shape index (κ1) is 14.0. The van der Waals surface area contributed by atoms with E-state index in [0.717, 1.165) is 16.7 Å². The molecule has 22 heavy (non-hydrogen) atoms. The highest BCUT2D eigenvalue weighted by atomic mass is 32.1. The minimum Gasteiger partial charge on any atom is -0.459 e. The van der Waals surface area contributed by atoms with Gasteiger partial charge in [-0.3, -0.25) is 4.79 Å².